The zero-order chi connectivity index (χ0) is 37.3. The smallest absolute Gasteiger partial charge is 0.222 e. The number of amides is 1. The lowest BCUT2D eigenvalue weighted by Crippen LogP contribution is -2.45. The molecule has 3 atom stereocenters. The van der Waals surface area contributed by atoms with E-state index in [1.807, 2.05) is 6.08 Å². The maximum atomic E-state index is 12.4. The summed E-state index contributed by atoms with van der Waals surface area (Å²) in [7, 11) is 0. The van der Waals surface area contributed by atoms with E-state index in [1.165, 1.54) is 161 Å². The predicted molar refractivity (Wildman–Crippen MR) is 222 cm³/mol. The first kappa shape index (κ1) is 49.6. The molecule has 1 amide bonds. The van der Waals surface area contributed by atoms with Gasteiger partial charge >= 0.3 is 0 Å². The minimum absolute atomic E-state index is 0.00499. The number of rotatable bonds is 40. The van der Waals surface area contributed by atoms with Gasteiger partial charge in [0.2, 0.25) is 5.91 Å². The molecular weight excluding hydrogens is 631 g/mol. The van der Waals surface area contributed by atoms with Gasteiger partial charge in [-0.3, -0.25) is 4.79 Å². The second-order valence-corrected chi connectivity index (χ2v) is 15.3. The van der Waals surface area contributed by atoms with E-state index >= 15 is 0 Å². The highest BCUT2D eigenvalue weighted by atomic mass is 16.3. The molecule has 0 aliphatic rings. The van der Waals surface area contributed by atoms with Crippen LogP contribution in [0.3, 0.4) is 0 Å². The van der Waals surface area contributed by atoms with Crippen LogP contribution in [0, 0.1) is 0 Å². The van der Waals surface area contributed by atoms with E-state index in [0.717, 1.165) is 38.5 Å². The molecule has 4 N–H and O–H groups in total. The molecule has 0 radical (unpaired) electrons. The lowest BCUT2D eigenvalue weighted by molar-refractivity contribution is -0.124. The van der Waals surface area contributed by atoms with Crippen molar-refractivity contribution in [3.8, 4) is 0 Å². The summed E-state index contributed by atoms with van der Waals surface area (Å²) in [6.45, 7) is 4.20. The van der Waals surface area contributed by atoms with Crippen molar-refractivity contribution in [2.45, 2.75) is 244 Å². The lowest BCUT2D eigenvalue weighted by atomic mass is 10.0. The molecule has 300 valence electrons. The van der Waals surface area contributed by atoms with Gasteiger partial charge in [-0.2, -0.15) is 0 Å². The van der Waals surface area contributed by atoms with Crippen molar-refractivity contribution >= 4 is 5.91 Å². The van der Waals surface area contributed by atoms with Crippen molar-refractivity contribution < 1.29 is 20.1 Å². The fourth-order valence-electron chi connectivity index (χ4n) is 6.72. The number of hydrogen-bond acceptors (Lipinski definition) is 4. The van der Waals surface area contributed by atoms with Crippen LogP contribution in [0.4, 0.5) is 0 Å². The zero-order valence-corrected chi connectivity index (χ0v) is 34.0. The van der Waals surface area contributed by atoms with Crippen molar-refractivity contribution in [3.05, 3.63) is 36.5 Å². The second kappa shape index (κ2) is 41.3. The van der Waals surface area contributed by atoms with Crippen molar-refractivity contribution in [3.63, 3.8) is 0 Å². The van der Waals surface area contributed by atoms with Crippen LogP contribution in [0.1, 0.15) is 226 Å². The summed E-state index contributed by atoms with van der Waals surface area (Å²) in [5.41, 5.74) is 0. The van der Waals surface area contributed by atoms with Gasteiger partial charge in [-0.15, -0.1) is 0 Å². The van der Waals surface area contributed by atoms with Gasteiger partial charge in [-0.25, -0.2) is 0 Å². The Hall–Kier alpha value is -1.43. The Bertz CT molecular complexity index is 794. The van der Waals surface area contributed by atoms with Crippen LogP contribution in [-0.2, 0) is 4.79 Å². The molecule has 0 aromatic heterocycles. The summed E-state index contributed by atoms with van der Waals surface area (Å²) in [4.78, 5) is 12.4. The normalized spacial score (nSPS) is 13.9. The highest BCUT2D eigenvalue weighted by Gasteiger charge is 2.20. The number of unbranched alkanes of at least 4 members (excludes halogenated alkanes) is 27. The molecule has 0 saturated carbocycles. The Morgan fingerprint density at radius 3 is 1.25 bits per heavy atom. The molecule has 0 fully saturated rings. The van der Waals surface area contributed by atoms with Gasteiger partial charge in [0.1, 0.15) is 0 Å². The van der Waals surface area contributed by atoms with E-state index in [1.54, 1.807) is 6.08 Å². The van der Waals surface area contributed by atoms with Crippen molar-refractivity contribution in [2.75, 3.05) is 6.61 Å². The number of carbonyl (C=O) groups is 1. The number of allylic oxidation sites excluding steroid dienone is 5. The highest BCUT2D eigenvalue weighted by Crippen LogP contribution is 2.15. The molecule has 0 aromatic carbocycles. The molecule has 0 saturated heterocycles. The van der Waals surface area contributed by atoms with Crippen LogP contribution in [0.2, 0.25) is 0 Å². The number of nitrogens with one attached hydrogen (secondary N) is 1. The minimum Gasteiger partial charge on any atom is -0.394 e. The second-order valence-electron chi connectivity index (χ2n) is 15.3. The summed E-state index contributed by atoms with van der Waals surface area (Å²) in [6, 6.07) is -0.765. The molecule has 3 unspecified atom stereocenters. The molecule has 5 nitrogen and oxygen atoms in total. The van der Waals surface area contributed by atoms with Crippen molar-refractivity contribution in [2.24, 2.45) is 0 Å². The summed E-state index contributed by atoms with van der Waals surface area (Å²) < 4.78 is 0. The van der Waals surface area contributed by atoms with E-state index in [-0.39, 0.29) is 18.9 Å². The van der Waals surface area contributed by atoms with E-state index in [0.29, 0.717) is 6.42 Å². The minimum atomic E-state index is -0.957. The van der Waals surface area contributed by atoms with Crippen LogP contribution in [-0.4, -0.2) is 46.1 Å². The van der Waals surface area contributed by atoms with Crippen LogP contribution in [0.15, 0.2) is 36.5 Å². The molecule has 0 bridgehead atoms. The molecule has 51 heavy (non-hydrogen) atoms. The maximum absolute atomic E-state index is 12.4. The van der Waals surface area contributed by atoms with E-state index in [4.69, 9.17) is 0 Å². The van der Waals surface area contributed by atoms with Crippen LogP contribution >= 0.6 is 0 Å². The third-order valence-corrected chi connectivity index (χ3v) is 10.2. The van der Waals surface area contributed by atoms with E-state index < -0.39 is 18.2 Å². The Labute approximate surface area is 317 Å². The summed E-state index contributed by atoms with van der Waals surface area (Å²) in [5.74, 6) is -0.328. The average Bonchev–Trinajstić information content (AvgIpc) is 3.12. The topological polar surface area (TPSA) is 89.8 Å². The predicted octanol–water partition coefficient (Wildman–Crippen LogP) is 12.8. The fraction of sp³-hybridized carbons (Fsp3) is 0.848. The monoisotopic (exact) mass is 718 g/mol. The number of aliphatic hydroxyl groups excluding tert-OH is 3. The fourth-order valence-corrected chi connectivity index (χ4v) is 6.72. The van der Waals surface area contributed by atoms with Gasteiger partial charge in [0.15, 0.2) is 0 Å². The van der Waals surface area contributed by atoms with Crippen LogP contribution < -0.4 is 5.32 Å². The molecule has 5 heteroatoms. The van der Waals surface area contributed by atoms with Crippen LogP contribution in [0.5, 0.6) is 0 Å². The Morgan fingerprint density at radius 2 is 0.843 bits per heavy atom. The molecule has 0 rings (SSSR count). The number of hydrogen-bond donors (Lipinski definition) is 4. The van der Waals surface area contributed by atoms with E-state index in [9.17, 15) is 20.1 Å². The maximum Gasteiger partial charge on any atom is 0.222 e. The first-order valence-electron chi connectivity index (χ1n) is 22.3. The average molecular weight is 718 g/mol. The van der Waals surface area contributed by atoms with Gasteiger partial charge in [0.05, 0.1) is 31.3 Å². The number of carbonyl (C=O) groups excluding carboxylic acids is 1. The molecule has 0 aliphatic heterocycles. The molecule has 0 aromatic rings. The Kier molecular flexibility index (Phi) is 40.2. The lowest BCUT2D eigenvalue weighted by Gasteiger charge is -2.21. The Morgan fingerprint density at radius 1 is 0.490 bits per heavy atom. The summed E-state index contributed by atoms with van der Waals surface area (Å²) >= 11 is 0. The first-order valence-corrected chi connectivity index (χ1v) is 22.3. The summed E-state index contributed by atoms with van der Waals surface area (Å²) in [6.07, 6.45) is 51.4. The van der Waals surface area contributed by atoms with Gasteiger partial charge in [-0.05, 0) is 44.9 Å². The van der Waals surface area contributed by atoms with Crippen molar-refractivity contribution in [1.82, 2.24) is 5.32 Å². The molecule has 0 aliphatic carbocycles. The molecular formula is C46H87NO4. The summed E-state index contributed by atoms with van der Waals surface area (Å²) in [5, 5.41) is 33.2. The molecule has 0 spiro atoms. The highest BCUT2D eigenvalue weighted by molar-refractivity contribution is 5.76. The van der Waals surface area contributed by atoms with Gasteiger partial charge in [0, 0.05) is 0 Å². The van der Waals surface area contributed by atoms with Gasteiger partial charge in [-0.1, -0.05) is 211 Å². The van der Waals surface area contributed by atoms with E-state index in [2.05, 4.69) is 43.5 Å². The molecule has 0 heterocycles. The van der Waals surface area contributed by atoms with Crippen molar-refractivity contribution in [1.29, 1.82) is 0 Å². The zero-order valence-electron chi connectivity index (χ0n) is 34.0. The largest absolute Gasteiger partial charge is 0.394 e. The van der Waals surface area contributed by atoms with Gasteiger partial charge < -0.3 is 20.6 Å². The van der Waals surface area contributed by atoms with Crippen LogP contribution in [0.25, 0.3) is 0 Å². The number of aliphatic hydroxyl groups is 3. The quantitative estimate of drug-likeness (QED) is 0.0375. The first-order chi connectivity index (χ1) is 25.0. The standard InChI is InChI=1S/C46H87NO4/c1-3-5-7-9-11-13-15-17-19-21-22-24-26-28-30-32-34-36-38-40-45(50)44(42-48)47-46(51)41-43(49)39-37-35-33-31-29-27-25-23-20-18-16-14-12-10-8-6-4-2/h22,24,30,32,38,40,43-45,48-50H,3-21,23,25-29,31,33-37,39,41-42H2,1-2H3,(H,47,51)/b24-22+,32-30+,40-38+. The third-order valence-electron chi connectivity index (χ3n) is 10.2. The van der Waals surface area contributed by atoms with Gasteiger partial charge in [0.25, 0.3) is 0 Å². The third kappa shape index (κ3) is 38.1. The Balaban J connectivity index is 3.73. The SMILES string of the molecule is CCCCCCCCCCC/C=C/CC/C=C/CC/C=C/C(O)C(CO)NC(=O)CC(O)CCCCCCCCCCCCCCCCCCC.